The number of carbonyl (C=O) groups excluding carboxylic acids is 2. The molecule has 2 N–H and O–H groups in total. The van der Waals surface area contributed by atoms with Crippen molar-refractivity contribution in [1.82, 2.24) is 10.2 Å². The van der Waals surface area contributed by atoms with E-state index in [0.717, 1.165) is 0 Å². The van der Waals surface area contributed by atoms with Crippen molar-refractivity contribution in [2.75, 3.05) is 31.5 Å². The fourth-order valence-corrected chi connectivity index (χ4v) is 3.04. The quantitative estimate of drug-likeness (QED) is 0.439. The van der Waals surface area contributed by atoms with Gasteiger partial charge in [-0.25, -0.2) is 0 Å². The molecule has 1 saturated heterocycles. The summed E-state index contributed by atoms with van der Waals surface area (Å²) in [5.41, 5.74) is 0.452. The molecule has 2 rings (SSSR count). The number of carbonyl (C=O) groups is 2. The normalized spacial score (nSPS) is 15.0. The maximum Gasteiger partial charge on any atom is 0.292 e. The van der Waals surface area contributed by atoms with Crippen molar-refractivity contribution in [3.63, 3.8) is 0 Å². The molecule has 1 heterocycles. The maximum atomic E-state index is 12.2. The highest BCUT2D eigenvalue weighted by atomic mass is 16.6. The van der Waals surface area contributed by atoms with Crippen LogP contribution in [0.2, 0.25) is 0 Å². The van der Waals surface area contributed by atoms with Gasteiger partial charge in [-0.2, -0.15) is 0 Å². The monoisotopic (exact) mass is 362 g/mol. The summed E-state index contributed by atoms with van der Waals surface area (Å²) in [5.74, 6) is 0.00860. The minimum atomic E-state index is -0.437. The Kier molecular flexibility index (Phi) is 6.94. The third-order valence-corrected chi connectivity index (χ3v) is 4.51. The van der Waals surface area contributed by atoms with Gasteiger partial charge in [0.2, 0.25) is 11.8 Å². The molecule has 1 fully saturated rings. The van der Waals surface area contributed by atoms with Crippen LogP contribution >= 0.6 is 0 Å². The SMILES string of the molecule is CC(C)C(=O)N1CCC(C(=O)NCCNc2ccccc2[N+](=O)[O-])CC1. The molecule has 0 radical (unpaired) electrons. The molecule has 1 aromatic carbocycles. The molecule has 142 valence electrons. The number of nitrogens with zero attached hydrogens (tertiary/aromatic N) is 2. The Balaban J connectivity index is 1.72. The Hall–Kier alpha value is -2.64. The fraction of sp³-hybridized carbons (Fsp3) is 0.556. The van der Waals surface area contributed by atoms with Gasteiger partial charge in [0, 0.05) is 44.1 Å². The van der Waals surface area contributed by atoms with Crippen LogP contribution in [-0.2, 0) is 9.59 Å². The van der Waals surface area contributed by atoms with E-state index >= 15 is 0 Å². The number of para-hydroxylation sites is 2. The summed E-state index contributed by atoms with van der Waals surface area (Å²) in [6, 6.07) is 6.41. The van der Waals surface area contributed by atoms with Crippen molar-refractivity contribution in [2.24, 2.45) is 11.8 Å². The molecule has 0 spiro atoms. The zero-order chi connectivity index (χ0) is 19.1. The first-order chi connectivity index (χ1) is 12.4. The first kappa shape index (κ1) is 19.7. The van der Waals surface area contributed by atoms with Crippen LogP contribution in [0.15, 0.2) is 24.3 Å². The van der Waals surface area contributed by atoms with Gasteiger partial charge in [-0.3, -0.25) is 19.7 Å². The van der Waals surface area contributed by atoms with Crippen LogP contribution in [0.1, 0.15) is 26.7 Å². The molecule has 1 aliphatic heterocycles. The topological polar surface area (TPSA) is 105 Å². The van der Waals surface area contributed by atoms with Crippen LogP contribution in [0.4, 0.5) is 11.4 Å². The van der Waals surface area contributed by atoms with E-state index in [9.17, 15) is 19.7 Å². The summed E-state index contributed by atoms with van der Waals surface area (Å²) >= 11 is 0. The van der Waals surface area contributed by atoms with Crippen molar-refractivity contribution in [3.05, 3.63) is 34.4 Å². The molecule has 2 amide bonds. The van der Waals surface area contributed by atoms with E-state index in [1.54, 1.807) is 18.2 Å². The minimum Gasteiger partial charge on any atom is -0.378 e. The third-order valence-electron chi connectivity index (χ3n) is 4.51. The van der Waals surface area contributed by atoms with Gasteiger partial charge in [0.1, 0.15) is 5.69 Å². The maximum absolute atomic E-state index is 12.2. The van der Waals surface area contributed by atoms with Gasteiger partial charge in [0.05, 0.1) is 4.92 Å². The average Bonchev–Trinajstić information content (AvgIpc) is 2.64. The van der Waals surface area contributed by atoms with Crippen molar-refractivity contribution in [3.8, 4) is 0 Å². The van der Waals surface area contributed by atoms with Crippen molar-refractivity contribution in [1.29, 1.82) is 0 Å². The number of amides is 2. The second-order valence-electron chi connectivity index (χ2n) is 6.75. The number of likely N-dealkylation sites (tertiary alicyclic amines) is 1. The molecule has 0 aromatic heterocycles. The highest BCUT2D eigenvalue weighted by Gasteiger charge is 2.27. The molecule has 0 unspecified atom stereocenters. The van der Waals surface area contributed by atoms with E-state index in [1.165, 1.54) is 6.07 Å². The average molecular weight is 362 g/mol. The number of piperidine rings is 1. The number of hydrogen-bond acceptors (Lipinski definition) is 5. The molecule has 0 saturated carbocycles. The minimum absolute atomic E-state index is 0.0148. The molecule has 1 aromatic rings. The number of benzene rings is 1. The Morgan fingerprint density at radius 2 is 1.88 bits per heavy atom. The third kappa shape index (κ3) is 5.18. The number of anilines is 1. The van der Waals surface area contributed by atoms with Crippen molar-refractivity contribution in [2.45, 2.75) is 26.7 Å². The standard InChI is InChI=1S/C18H26N4O4/c1-13(2)18(24)21-11-7-14(8-12-21)17(23)20-10-9-19-15-5-3-4-6-16(15)22(25)26/h3-6,13-14,19H,7-12H2,1-2H3,(H,20,23). The number of hydrogen-bond donors (Lipinski definition) is 2. The molecule has 8 nitrogen and oxygen atoms in total. The highest BCUT2D eigenvalue weighted by molar-refractivity contribution is 5.80. The molecule has 26 heavy (non-hydrogen) atoms. The van der Waals surface area contributed by atoms with Gasteiger partial charge in [-0.15, -0.1) is 0 Å². The second kappa shape index (κ2) is 9.17. The zero-order valence-electron chi connectivity index (χ0n) is 15.2. The Bertz CT molecular complexity index is 654. The lowest BCUT2D eigenvalue weighted by molar-refractivity contribution is -0.384. The Labute approximate surface area is 153 Å². The number of nitrogens with one attached hydrogen (secondary N) is 2. The van der Waals surface area contributed by atoms with E-state index < -0.39 is 4.92 Å². The Morgan fingerprint density at radius 1 is 1.23 bits per heavy atom. The van der Waals surface area contributed by atoms with Crippen LogP contribution in [0.25, 0.3) is 0 Å². The van der Waals surface area contributed by atoms with Crippen molar-refractivity contribution >= 4 is 23.2 Å². The van der Waals surface area contributed by atoms with Crippen molar-refractivity contribution < 1.29 is 14.5 Å². The summed E-state index contributed by atoms with van der Waals surface area (Å²) in [5, 5.41) is 16.8. The molecule has 1 aliphatic rings. The van der Waals surface area contributed by atoms with Gasteiger partial charge in [-0.1, -0.05) is 26.0 Å². The summed E-state index contributed by atoms with van der Waals surface area (Å²) in [7, 11) is 0. The first-order valence-corrected chi connectivity index (χ1v) is 8.94. The van der Waals surface area contributed by atoms with Crippen LogP contribution in [0.3, 0.4) is 0 Å². The highest BCUT2D eigenvalue weighted by Crippen LogP contribution is 2.22. The second-order valence-corrected chi connectivity index (χ2v) is 6.75. The zero-order valence-corrected chi connectivity index (χ0v) is 15.2. The molecule has 0 atom stereocenters. The predicted molar refractivity (Wildman–Crippen MR) is 98.7 cm³/mol. The number of nitro benzene ring substituents is 1. The van der Waals surface area contributed by atoms with E-state index in [-0.39, 0.29) is 29.3 Å². The lowest BCUT2D eigenvalue weighted by Gasteiger charge is -2.32. The molecule has 0 bridgehead atoms. The summed E-state index contributed by atoms with van der Waals surface area (Å²) in [4.78, 5) is 36.5. The predicted octanol–water partition coefficient (Wildman–Crippen LogP) is 2.02. The molecular weight excluding hydrogens is 336 g/mol. The van der Waals surface area contributed by atoms with E-state index in [4.69, 9.17) is 0 Å². The number of nitro groups is 1. The van der Waals surface area contributed by atoms with Gasteiger partial charge in [0.15, 0.2) is 0 Å². The molecule has 8 heteroatoms. The van der Waals surface area contributed by atoms with E-state index in [1.807, 2.05) is 18.7 Å². The largest absolute Gasteiger partial charge is 0.378 e. The first-order valence-electron chi connectivity index (χ1n) is 8.94. The van der Waals surface area contributed by atoms with Crippen LogP contribution in [0, 0.1) is 22.0 Å². The van der Waals surface area contributed by atoms with Crippen LogP contribution in [0.5, 0.6) is 0 Å². The van der Waals surface area contributed by atoms with Crippen LogP contribution in [-0.4, -0.2) is 47.8 Å². The van der Waals surface area contributed by atoms with E-state index in [0.29, 0.717) is 44.7 Å². The lowest BCUT2D eigenvalue weighted by atomic mass is 9.95. The van der Waals surface area contributed by atoms with Gasteiger partial charge in [-0.05, 0) is 18.9 Å². The summed E-state index contributed by atoms with van der Waals surface area (Å²) in [6.07, 6.45) is 1.34. The summed E-state index contributed by atoms with van der Waals surface area (Å²) in [6.45, 7) is 5.78. The summed E-state index contributed by atoms with van der Waals surface area (Å²) < 4.78 is 0. The number of rotatable bonds is 7. The fourth-order valence-electron chi connectivity index (χ4n) is 3.04. The van der Waals surface area contributed by atoms with Gasteiger partial charge < -0.3 is 15.5 Å². The van der Waals surface area contributed by atoms with Gasteiger partial charge >= 0.3 is 0 Å². The smallest absolute Gasteiger partial charge is 0.292 e. The molecular formula is C18H26N4O4. The lowest BCUT2D eigenvalue weighted by Crippen LogP contribution is -2.44. The van der Waals surface area contributed by atoms with Crippen LogP contribution < -0.4 is 10.6 Å². The molecule has 0 aliphatic carbocycles. The van der Waals surface area contributed by atoms with E-state index in [2.05, 4.69) is 10.6 Å². The van der Waals surface area contributed by atoms with Gasteiger partial charge in [0.25, 0.3) is 5.69 Å². The Morgan fingerprint density at radius 3 is 2.50 bits per heavy atom.